The number of halogens is 2. The molecular formula is C19H17ClFNO3S. The lowest BCUT2D eigenvalue weighted by Gasteiger charge is -2.11. The number of methoxy groups -OCH3 is 1. The van der Waals surface area contributed by atoms with E-state index in [0.717, 1.165) is 36.1 Å². The minimum absolute atomic E-state index is 0.142. The second kappa shape index (κ2) is 8.01. The Balaban J connectivity index is 1.84. The number of amides is 1. The first-order chi connectivity index (χ1) is 12.5. The number of thiophene rings is 1. The minimum Gasteiger partial charge on any atom is -0.465 e. The van der Waals surface area contributed by atoms with Crippen LogP contribution in [0.5, 0.6) is 0 Å². The van der Waals surface area contributed by atoms with Gasteiger partial charge in [0.15, 0.2) is 0 Å². The normalized spacial score (nSPS) is 13.5. The van der Waals surface area contributed by atoms with Crippen molar-refractivity contribution in [1.29, 1.82) is 0 Å². The van der Waals surface area contributed by atoms with E-state index in [1.165, 1.54) is 42.7 Å². The summed E-state index contributed by atoms with van der Waals surface area (Å²) in [6.45, 7) is 0. The van der Waals surface area contributed by atoms with Gasteiger partial charge in [0, 0.05) is 16.5 Å². The van der Waals surface area contributed by atoms with Gasteiger partial charge in [0.05, 0.1) is 17.7 Å². The summed E-state index contributed by atoms with van der Waals surface area (Å²) < 4.78 is 18.6. The summed E-state index contributed by atoms with van der Waals surface area (Å²) in [5.41, 5.74) is 1.53. The highest BCUT2D eigenvalue weighted by molar-refractivity contribution is 7.17. The third-order valence-electron chi connectivity index (χ3n) is 4.20. The summed E-state index contributed by atoms with van der Waals surface area (Å²) in [4.78, 5) is 25.5. The summed E-state index contributed by atoms with van der Waals surface area (Å²) >= 11 is 7.34. The van der Waals surface area contributed by atoms with Gasteiger partial charge in [0.25, 0.3) is 0 Å². The molecule has 0 fully saturated rings. The number of carbonyl (C=O) groups is 2. The van der Waals surface area contributed by atoms with E-state index in [1.54, 1.807) is 6.07 Å². The first kappa shape index (κ1) is 18.6. The van der Waals surface area contributed by atoms with Crippen LogP contribution >= 0.6 is 22.9 Å². The molecule has 0 unspecified atom stereocenters. The van der Waals surface area contributed by atoms with Gasteiger partial charge < -0.3 is 10.1 Å². The Morgan fingerprint density at radius 2 is 2.08 bits per heavy atom. The van der Waals surface area contributed by atoms with Crippen molar-refractivity contribution >= 4 is 45.9 Å². The third kappa shape index (κ3) is 3.81. The highest BCUT2D eigenvalue weighted by atomic mass is 35.5. The molecule has 1 aliphatic rings. The van der Waals surface area contributed by atoms with Crippen LogP contribution in [0.4, 0.5) is 9.39 Å². The number of esters is 1. The second-order valence-electron chi connectivity index (χ2n) is 5.86. The molecule has 4 nitrogen and oxygen atoms in total. The van der Waals surface area contributed by atoms with Gasteiger partial charge in [-0.3, -0.25) is 4.79 Å². The maximum atomic E-state index is 13.8. The number of anilines is 1. The Bertz CT molecular complexity index is 871. The van der Waals surface area contributed by atoms with Crippen molar-refractivity contribution < 1.29 is 18.7 Å². The minimum atomic E-state index is -0.511. The van der Waals surface area contributed by atoms with Crippen LogP contribution in [-0.2, 0) is 22.4 Å². The van der Waals surface area contributed by atoms with Gasteiger partial charge >= 0.3 is 5.97 Å². The van der Waals surface area contributed by atoms with Crippen molar-refractivity contribution in [3.05, 3.63) is 56.7 Å². The maximum Gasteiger partial charge on any atom is 0.341 e. The molecule has 0 aliphatic heterocycles. The van der Waals surface area contributed by atoms with E-state index in [2.05, 4.69) is 5.32 Å². The number of fused-ring (bicyclic) bond motifs is 1. The van der Waals surface area contributed by atoms with Gasteiger partial charge in [-0.1, -0.05) is 17.7 Å². The molecule has 26 heavy (non-hydrogen) atoms. The maximum absolute atomic E-state index is 13.8. The number of hydrogen-bond donors (Lipinski definition) is 1. The predicted molar refractivity (Wildman–Crippen MR) is 101 cm³/mol. The lowest BCUT2D eigenvalue weighted by Crippen LogP contribution is -2.13. The summed E-state index contributed by atoms with van der Waals surface area (Å²) in [6.07, 6.45) is 6.27. The molecule has 0 saturated heterocycles. The second-order valence-corrected chi connectivity index (χ2v) is 7.38. The summed E-state index contributed by atoms with van der Waals surface area (Å²) in [6, 6.07) is 4.31. The van der Waals surface area contributed by atoms with Gasteiger partial charge in [-0.2, -0.15) is 0 Å². The molecule has 0 bridgehead atoms. The van der Waals surface area contributed by atoms with E-state index in [1.807, 2.05) is 0 Å². The molecule has 136 valence electrons. The number of aryl methyl sites for hydroxylation is 1. The van der Waals surface area contributed by atoms with Crippen molar-refractivity contribution in [3.63, 3.8) is 0 Å². The fraction of sp³-hybridized carbons (Fsp3) is 0.263. The number of rotatable bonds is 4. The Labute approximate surface area is 159 Å². The molecule has 0 radical (unpaired) electrons. The fourth-order valence-corrected chi connectivity index (χ4v) is 4.46. The molecule has 7 heteroatoms. The topological polar surface area (TPSA) is 55.4 Å². The van der Waals surface area contributed by atoms with E-state index in [4.69, 9.17) is 16.3 Å². The van der Waals surface area contributed by atoms with Crippen LogP contribution in [0.1, 0.15) is 39.2 Å². The van der Waals surface area contributed by atoms with Gasteiger partial charge in [0.2, 0.25) is 5.91 Å². The van der Waals surface area contributed by atoms with Crippen LogP contribution in [0, 0.1) is 5.82 Å². The third-order valence-corrected chi connectivity index (χ3v) is 5.74. The number of ether oxygens (including phenoxy) is 1. The largest absolute Gasteiger partial charge is 0.465 e. The van der Waals surface area contributed by atoms with Crippen LogP contribution in [0.3, 0.4) is 0 Å². The highest BCUT2D eigenvalue weighted by Crippen LogP contribution is 2.38. The van der Waals surface area contributed by atoms with E-state index in [0.29, 0.717) is 10.6 Å². The van der Waals surface area contributed by atoms with Crippen LogP contribution in [0.15, 0.2) is 24.3 Å². The summed E-state index contributed by atoms with van der Waals surface area (Å²) in [7, 11) is 1.32. The van der Waals surface area contributed by atoms with Gasteiger partial charge in [-0.05, 0) is 49.5 Å². The van der Waals surface area contributed by atoms with Crippen LogP contribution in [0.25, 0.3) is 6.08 Å². The molecule has 0 saturated carbocycles. The van der Waals surface area contributed by atoms with Crippen molar-refractivity contribution in [2.75, 3.05) is 12.4 Å². The highest BCUT2D eigenvalue weighted by Gasteiger charge is 2.26. The Kier molecular flexibility index (Phi) is 5.74. The number of hydrogen-bond acceptors (Lipinski definition) is 4. The number of nitrogens with one attached hydrogen (secondary N) is 1. The molecule has 0 spiro atoms. The molecule has 2 aromatic rings. The summed E-state index contributed by atoms with van der Waals surface area (Å²) in [5.74, 6) is -1.43. The Hall–Kier alpha value is -2.18. The molecule has 1 N–H and O–H groups in total. The fourth-order valence-electron chi connectivity index (χ4n) is 2.95. The van der Waals surface area contributed by atoms with Gasteiger partial charge in [-0.25, -0.2) is 9.18 Å². The number of benzene rings is 1. The zero-order valence-electron chi connectivity index (χ0n) is 14.1. The molecule has 1 amide bonds. The van der Waals surface area contributed by atoms with Crippen LogP contribution < -0.4 is 5.32 Å². The van der Waals surface area contributed by atoms with Crippen molar-refractivity contribution in [1.82, 2.24) is 0 Å². The molecule has 3 rings (SSSR count). The molecule has 0 atom stereocenters. The van der Waals surface area contributed by atoms with Gasteiger partial charge in [0.1, 0.15) is 10.8 Å². The average molecular weight is 394 g/mol. The molecule has 1 aliphatic carbocycles. The summed E-state index contributed by atoms with van der Waals surface area (Å²) in [5, 5.41) is 3.41. The zero-order valence-corrected chi connectivity index (χ0v) is 15.7. The lowest BCUT2D eigenvalue weighted by molar-refractivity contribution is -0.111. The number of carbonyl (C=O) groups excluding carboxylic acids is 2. The Morgan fingerprint density at radius 3 is 2.81 bits per heavy atom. The SMILES string of the molecule is COC(=O)c1c(NC(=O)/C=C/c2c(F)cccc2Cl)sc2c1CCCC2. The van der Waals surface area contributed by atoms with E-state index in [-0.39, 0.29) is 10.6 Å². The predicted octanol–water partition coefficient (Wildman–Crippen LogP) is 4.86. The monoisotopic (exact) mass is 393 g/mol. The average Bonchev–Trinajstić information content (AvgIpc) is 2.98. The first-order valence-corrected chi connectivity index (χ1v) is 9.36. The molecular weight excluding hydrogens is 377 g/mol. The van der Waals surface area contributed by atoms with Crippen LogP contribution in [-0.4, -0.2) is 19.0 Å². The van der Waals surface area contributed by atoms with Crippen LogP contribution in [0.2, 0.25) is 5.02 Å². The molecule has 1 heterocycles. The van der Waals surface area contributed by atoms with E-state index in [9.17, 15) is 14.0 Å². The van der Waals surface area contributed by atoms with Crippen molar-refractivity contribution in [3.8, 4) is 0 Å². The van der Waals surface area contributed by atoms with Gasteiger partial charge in [-0.15, -0.1) is 11.3 Å². The van der Waals surface area contributed by atoms with Crippen molar-refractivity contribution in [2.45, 2.75) is 25.7 Å². The van der Waals surface area contributed by atoms with E-state index >= 15 is 0 Å². The van der Waals surface area contributed by atoms with Crippen molar-refractivity contribution in [2.24, 2.45) is 0 Å². The Morgan fingerprint density at radius 1 is 1.31 bits per heavy atom. The molecule has 1 aromatic heterocycles. The van der Waals surface area contributed by atoms with E-state index < -0.39 is 17.7 Å². The standard InChI is InChI=1S/C19H17ClFNO3S/c1-25-19(24)17-12-5-2-3-8-15(12)26-18(17)22-16(23)10-9-11-13(20)6-4-7-14(11)21/h4,6-7,9-10H,2-3,5,8H2,1H3,(H,22,23)/b10-9+. The quantitative estimate of drug-likeness (QED) is 0.596. The molecule has 1 aromatic carbocycles. The zero-order chi connectivity index (χ0) is 18.7. The first-order valence-electron chi connectivity index (χ1n) is 8.17. The lowest BCUT2D eigenvalue weighted by atomic mass is 9.95. The smallest absolute Gasteiger partial charge is 0.341 e.